The maximum atomic E-state index is 10.6. The number of anilines is 1. The number of rotatable bonds is 4. The van der Waals surface area contributed by atoms with Gasteiger partial charge in [-0.15, -0.1) is 0 Å². The van der Waals surface area contributed by atoms with E-state index in [1.807, 2.05) is 25.1 Å². The van der Waals surface area contributed by atoms with Crippen molar-refractivity contribution in [1.82, 2.24) is 0 Å². The number of halogens is 1. The number of carboxylic acids is 1. The molecule has 1 aromatic carbocycles. The van der Waals surface area contributed by atoms with Gasteiger partial charge in [-0.1, -0.05) is 17.7 Å². The first kappa shape index (κ1) is 12.8. The lowest BCUT2D eigenvalue weighted by Gasteiger charge is -2.15. The number of nitrogens with two attached hydrogens (primary N) is 1. The van der Waals surface area contributed by atoms with Crippen LogP contribution in [0.3, 0.4) is 0 Å². The normalized spacial score (nSPS) is 12.2. The molecule has 0 fully saturated rings. The second kappa shape index (κ2) is 5.18. The van der Waals surface area contributed by atoms with Gasteiger partial charge in [0, 0.05) is 24.8 Å². The van der Waals surface area contributed by atoms with Gasteiger partial charge in [-0.2, -0.15) is 0 Å². The molecule has 0 aliphatic rings. The molecule has 0 aromatic heterocycles. The van der Waals surface area contributed by atoms with E-state index in [0.29, 0.717) is 5.02 Å². The van der Waals surface area contributed by atoms with Crippen LogP contribution in [0.5, 0.6) is 0 Å². The van der Waals surface area contributed by atoms with Crippen molar-refractivity contribution in [3.8, 4) is 0 Å². The van der Waals surface area contributed by atoms with E-state index in [-0.39, 0.29) is 6.42 Å². The van der Waals surface area contributed by atoms with Crippen LogP contribution in [0.2, 0.25) is 5.02 Å². The standard InChI is InChI=1S/C11H15ClN2O2/c1-14(2)8-4-3-7(9(12)6-8)5-10(13)11(15)16/h3-4,6,10H,5,13H2,1-2H3,(H,15,16). The number of hydrogen-bond donors (Lipinski definition) is 2. The summed E-state index contributed by atoms with van der Waals surface area (Å²) in [5.41, 5.74) is 7.17. The Bertz CT molecular complexity index is 394. The molecule has 1 atom stereocenters. The van der Waals surface area contributed by atoms with Crippen LogP contribution in [0, 0.1) is 0 Å². The summed E-state index contributed by atoms with van der Waals surface area (Å²) in [6.45, 7) is 0. The minimum atomic E-state index is -1.02. The predicted octanol–water partition coefficient (Wildman–Crippen LogP) is 1.36. The van der Waals surface area contributed by atoms with Crippen molar-refractivity contribution in [3.05, 3.63) is 28.8 Å². The van der Waals surface area contributed by atoms with Crippen LogP contribution >= 0.6 is 11.6 Å². The zero-order chi connectivity index (χ0) is 12.3. The highest BCUT2D eigenvalue weighted by Gasteiger charge is 2.14. The van der Waals surface area contributed by atoms with Crippen LogP contribution in [0.1, 0.15) is 5.56 Å². The fraction of sp³-hybridized carbons (Fsp3) is 0.364. The third-order valence-corrected chi connectivity index (χ3v) is 2.66. The SMILES string of the molecule is CN(C)c1ccc(CC(N)C(=O)O)c(Cl)c1. The van der Waals surface area contributed by atoms with E-state index < -0.39 is 12.0 Å². The average Bonchev–Trinajstić information content (AvgIpc) is 2.20. The summed E-state index contributed by atoms with van der Waals surface area (Å²) in [4.78, 5) is 12.5. The van der Waals surface area contributed by atoms with Gasteiger partial charge in [-0.05, 0) is 24.1 Å². The molecule has 5 heteroatoms. The van der Waals surface area contributed by atoms with Gasteiger partial charge >= 0.3 is 5.97 Å². The number of aliphatic carboxylic acids is 1. The molecule has 3 N–H and O–H groups in total. The number of hydrogen-bond acceptors (Lipinski definition) is 3. The van der Waals surface area contributed by atoms with Crippen molar-refractivity contribution in [3.63, 3.8) is 0 Å². The molecule has 16 heavy (non-hydrogen) atoms. The second-order valence-corrected chi connectivity index (χ2v) is 4.23. The van der Waals surface area contributed by atoms with Gasteiger partial charge in [0.25, 0.3) is 0 Å². The van der Waals surface area contributed by atoms with Crippen molar-refractivity contribution in [2.24, 2.45) is 5.73 Å². The first-order valence-electron chi connectivity index (χ1n) is 4.86. The van der Waals surface area contributed by atoms with Gasteiger partial charge in [0.2, 0.25) is 0 Å². The molecule has 0 bridgehead atoms. The summed E-state index contributed by atoms with van der Waals surface area (Å²) in [6, 6.07) is 4.57. The molecule has 1 unspecified atom stereocenters. The minimum Gasteiger partial charge on any atom is -0.480 e. The monoisotopic (exact) mass is 242 g/mol. The van der Waals surface area contributed by atoms with E-state index in [2.05, 4.69) is 0 Å². The lowest BCUT2D eigenvalue weighted by Crippen LogP contribution is -2.32. The highest BCUT2D eigenvalue weighted by Crippen LogP contribution is 2.23. The van der Waals surface area contributed by atoms with Crippen LogP contribution in [0.15, 0.2) is 18.2 Å². The van der Waals surface area contributed by atoms with E-state index >= 15 is 0 Å². The predicted molar refractivity (Wildman–Crippen MR) is 65.1 cm³/mol. The summed E-state index contributed by atoms with van der Waals surface area (Å²) >= 11 is 6.05. The molecule has 0 saturated carbocycles. The average molecular weight is 243 g/mol. The molecule has 0 aliphatic carbocycles. The quantitative estimate of drug-likeness (QED) is 0.837. The molecule has 0 amide bonds. The second-order valence-electron chi connectivity index (χ2n) is 3.82. The molecule has 4 nitrogen and oxygen atoms in total. The Morgan fingerprint density at radius 3 is 2.62 bits per heavy atom. The zero-order valence-corrected chi connectivity index (χ0v) is 10.0. The summed E-state index contributed by atoms with van der Waals surface area (Å²) in [5, 5.41) is 9.25. The molecule has 1 aromatic rings. The number of carboxylic acid groups (broad SMARTS) is 1. The third kappa shape index (κ3) is 3.12. The Balaban J connectivity index is 2.87. The number of benzene rings is 1. The Morgan fingerprint density at radius 1 is 1.56 bits per heavy atom. The van der Waals surface area contributed by atoms with Crippen LogP contribution < -0.4 is 10.6 Å². The molecule has 0 spiro atoms. The molecule has 0 heterocycles. The molecular formula is C11H15ClN2O2. The molecule has 0 saturated heterocycles. The van der Waals surface area contributed by atoms with Crippen LogP contribution in [-0.4, -0.2) is 31.2 Å². The Morgan fingerprint density at radius 2 is 2.19 bits per heavy atom. The molecular weight excluding hydrogens is 228 g/mol. The lowest BCUT2D eigenvalue weighted by molar-refractivity contribution is -0.138. The van der Waals surface area contributed by atoms with Crippen LogP contribution in [0.25, 0.3) is 0 Å². The summed E-state index contributed by atoms with van der Waals surface area (Å²) in [7, 11) is 3.82. The first-order valence-corrected chi connectivity index (χ1v) is 5.23. The Kier molecular flexibility index (Phi) is 4.15. The molecule has 0 aliphatic heterocycles. The van der Waals surface area contributed by atoms with Crippen LogP contribution in [0.4, 0.5) is 5.69 Å². The topological polar surface area (TPSA) is 66.6 Å². The van der Waals surface area contributed by atoms with E-state index in [0.717, 1.165) is 11.3 Å². The minimum absolute atomic E-state index is 0.238. The number of carbonyl (C=O) groups is 1. The summed E-state index contributed by atoms with van der Waals surface area (Å²) in [5.74, 6) is -1.02. The Labute approximate surface area is 99.6 Å². The van der Waals surface area contributed by atoms with Crippen molar-refractivity contribution in [2.75, 3.05) is 19.0 Å². The van der Waals surface area contributed by atoms with Gasteiger partial charge in [0.1, 0.15) is 6.04 Å². The maximum Gasteiger partial charge on any atom is 0.320 e. The maximum absolute atomic E-state index is 10.6. The van der Waals surface area contributed by atoms with Crippen molar-refractivity contribution in [2.45, 2.75) is 12.5 Å². The fourth-order valence-electron chi connectivity index (χ4n) is 1.30. The van der Waals surface area contributed by atoms with Crippen molar-refractivity contribution >= 4 is 23.3 Å². The third-order valence-electron chi connectivity index (χ3n) is 2.31. The highest BCUT2D eigenvalue weighted by molar-refractivity contribution is 6.31. The lowest BCUT2D eigenvalue weighted by atomic mass is 10.1. The largest absolute Gasteiger partial charge is 0.480 e. The van der Waals surface area contributed by atoms with Gasteiger partial charge in [-0.3, -0.25) is 4.79 Å². The van der Waals surface area contributed by atoms with Gasteiger partial charge in [-0.25, -0.2) is 0 Å². The van der Waals surface area contributed by atoms with Gasteiger partial charge in [0.15, 0.2) is 0 Å². The fourth-order valence-corrected chi connectivity index (χ4v) is 1.56. The van der Waals surface area contributed by atoms with E-state index in [9.17, 15) is 4.79 Å². The van der Waals surface area contributed by atoms with E-state index in [1.54, 1.807) is 12.1 Å². The highest BCUT2D eigenvalue weighted by atomic mass is 35.5. The van der Waals surface area contributed by atoms with Gasteiger partial charge < -0.3 is 15.7 Å². The smallest absolute Gasteiger partial charge is 0.320 e. The Hall–Kier alpha value is -1.26. The summed E-state index contributed by atoms with van der Waals surface area (Å²) in [6.07, 6.45) is 0.238. The first-order chi connectivity index (χ1) is 7.41. The molecule has 88 valence electrons. The molecule has 1 rings (SSSR count). The van der Waals surface area contributed by atoms with E-state index in [4.69, 9.17) is 22.4 Å². The summed E-state index contributed by atoms with van der Waals surface area (Å²) < 4.78 is 0. The zero-order valence-electron chi connectivity index (χ0n) is 9.27. The van der Waals surface area contributed by atoms with Crippen LogP contribution in [-0.2, 0) is 11.2 Å². The number of nitrogens with zero attached hydrogens (tertiary/aromatic N) is 1. The van der Waals surface area contributed by atoms with Gasteiger partial charge in [0.05, 0.1) is 0 Å². The van der Waals surface area contributed by atoms with E-state index in [1.165, 1.54) is 0 Å². The van der Waals surface area contributed by atoms with Crippen molar-refractivity contribution < 1.29 is 9.90 Å². The molecule has 0 radical (unpaired) electrons. The van der Waals surface area contributed by atoms with Crippen molar-refractivity contribution in [1.29, 1.82) is 0 Å².